The Morgan fingerprint density at radius 3 is 2.34 bits per heavy atom. The molecule has 2 heterocycles. The summed E-state index contributed by atoms with van der Waals surface area (Å²) in [6.07, 6.45) is 2.02. The minimum atomic E-state index is 0.148. The van der Waals surface area contributed by atoms with Crippen molar-refractivity contribution in [2.24, 2.45) is 0 Å². The number of anilines is 1. The van der Waals surface area contributed by atoms with Gasteiger partial charge in [0, 0.05) is 42.8 Å². The summed E-state index contributed by atoms with van der Waals surface area (Å²) in [4.78, 5) is 25.6. The quantitative estimate of drug-likeness (QED) is 0.657. The second kappa shape index (κ2) is 8.62. The van der Waals surface area contributed by atoms with E-state index in [0.29, 0.717) is 24.5 Å². The Hall–Kier alpha value is -2.92. The second-order valence-electron chi connectivity index (χ2n) is 7.30. The summed E-state index contributed by atoms with van der Waals surface area (Å²) in [5.41, 5.74) is 4.20. The van der Waals surface area contributed by atoms with Gasteiger partial charge in [-0.15, -0.1) is 0 Å². The van der Waals surface area contributed by atoms with Gasteiger partial charge >= 0.3 is 0 Å². The summed E-state index contributed by atoms with van der Waals surface area (Å²) in [6, 6.07) is 17.8. The van der Waals surface area contributed by atoms with Gasteiger partial charge in [0.05, 0.1) is 12.1 Å². The van der Waals surface area contributed by atoms with Crippen LogP contribution in [0.5, 0.6) is 0 Å². The van der Waals surface area contributed by atoms with Gasteiger partial charge in [-0.2, -0.15) is 0 Å². The fourth-order valence-electron chi connectivity index (χ4n) is 3.48. The van der Waals surface area contributed by atoms with E-state index in [1.54, 1.807) is 6.33 Å². The van der Waals surface area contributed by atoms with Crippen LogP contribution >= 0.6 is 11.6 Å². The molecule has 1 saturated heterocycles. The van der Waals surface area contributed by atoms with E-state index in [1.165, 1.54) is 5.56 Å². The molecule has 29 heavy (non-hydrogen) atoms. The fraction of sp³-hybridized carbons (Fsp3) is 0.261. The minimum absolute atomic E-state index is 0.148. The highest BCUT2D eigenvalue weighted by Gasteiger charge is 2.22. The van der Waals surface area contributed by atoms with E-state index in [-0.39, 0.29) is 5.91 Å². The molecule has 0 saturated carbocycles. The van der Waals surface area contributed by atoms with Crippen molar-refractivity contribution in [1.29, 1.82) is 0 Å². The molecule has 0 unspecified atom stereocenters. The first-order valence-electron chi connectivity index (χ1n) is 9.75. The number of halogens is 1. The maximum absolute atomic E-state index is 12.6. The van der Waals surface area contributed by atoms with Crippen molar-refractivity contribution in [3.63, 3.8) is 0 Å². The molecule has 6 heteroatoms. The van der Waals surface area contributed by atoms with Crippen LogP contribution in [0.2, 0.25) is 5.02 Å². The van der Waals surface area contributed by atoms with Crippen LogP contribution in [0.15, 0.2) is 60.9 Å². The van der Waals surface area contributed by atoms with Crippen molar-refractivity contribution in [2.45, 2.75) is 13.3 Å². The lowest BCUT2D eigenvalue weighted by molar-refractivity contribution is -0.130. The zero-order chi connectivity index (χ0) is 20.2. The highest BCUT2D eigenvalue weighted by atomic mass is 35.5. The summed E-state index contributed by atoms with van der Waals surface area (Å²) >= 11 is 5.92. The molecule has 0 atom stereocenters. The zero-order valence-corrected chi connectivity index (χ0v) is 17.1. The van der Waals surface area contributed by atoms with E-state index in [9.17, 15) is 4.79 Å². The number of hydrogen-bond donors (Lipinski definition) is 0. The Kier molecular flexibility index (Phi) is 5.76. The van der Waals surface area contributed by atoms with E-state index in [4.69, 9.17) is 11.6 Å². The highest BCUT2D eigenvalue weighted by molar-refractivity contribution is 6.30. The summed E-state index contributed by atoms with van der Waals surface area (Å²) in [7, 11) is 0. The molecule has 1 amide bonds. The van der Waals surface area contributed by atoms with Gasteiger partial charge in [-0.3, -0.25) is 4.79 Å². The Morgan fingerprint density at radius 2 is 1.66 bits per heavy atom. The molecule has 0 N–H and O–H groups in total. The van der Waals surface area contributed by atoms with E-state index in [0.717, 1.165) is 35.7 Å². The number of hydrogen-bond acceptors (Lipinski definition) is 4. The van der Waals surface area contributed by atoms with Crippen LogP contribution in [-0.4, -0.2) is 47.0 Å². The smallest absolute Gasteiger partial charge is 0.227 e. The van der Waals surface area contributed by atoms with Crippen LogP contribution in [0.1, 0.15) is 11.1 Å². The molecule has 0 bridgehead atoms. The SMILES string of the molecule is Cc1ccc(-c2cc(N3CCN(C(=O)Cc4ccc(Cl)cc4)CC3)ncn2)cc1. The van der Waals surface area contributed by atoms with Crippen molar-refractivity contribution >= 4 is 23.3 Å². The van der Waals surface area contributed by atoms with Crippen LogP contribution in [0.4, 0.5) is 5.82 Å². The molecule has 1 aliphatic rings. The van der Waals surface area contributed by atoms with Gasteiger partial charge < -0.3 is 9.80 Å². The summed E-state index contributed by atoms with van der Waals surface area (Å²) < 4.78 is 0. The van der Waals surface area contributed by atoms with Crippen LogP contribution in [0.25, 0.3) is 11.3 Å². The summed E-state index contributed by atoms with van der Waals surface area (Å²) in [5.74, 6) is 1.05. The number of benzene rings is 2. The van der Waals surface area contributed by atoms with Crippen LogP contribution in [0, 0.1) is 6.92 Å². The molecule has 3 aromatic rings. The first kappa shape index (κ1) is 19.4. The molecule has 148 valence electrons. The normalized spacial score (nSPS) is 14.1. The highest BCUT2D eigenvalue weighted by Crippen LogP contribution is 2.22. The number of aromatic nitrogens is 2. The molecule has 0 spiro atoms. The lowest BCUT2D eigenvalue weighted by atomic mass is 10.1. The summed E-state index contributed by atoms with van der Waals surface area (Å²) in [5, 5.41) is 0.685. The minimum Gasteiger partial charge on any atom is -0.353 e. The fourth-order valence-corrected chi connectivity index (χ4v) is 3.60. The van der Waals surface area contributed by atoms with Gasteiger partial charge in [0.1, 0.15) is 12.1 Å². The molecule has 5 nitrogen and oxygen atoms in total. The van der Waals surface area contributed by atoms with Crippen molar-refractivity contribution in [2.75, 3.05) is 31.1 Å². The number of rotatable bonds is 4. The van der Waals surface area contributed by atoms with E-state index in [1.807, 2.05) is 35.2 Å². The average Bonchev–Trinajstić information content (AvgIpc) is 2.76. The van der Waals surface area contributed by atoms with Crippen molar-refractivity contribution in [1.82, 2.24) is 14.9 Å². The molecular weight excluding hydrogens is 384 g/mol. The van der Waals surface area contributed by atoms with Gasteiger partial charge in [-0.1, -0.05) is 53.6 Å². The third kappa shape index (κ3) is 4.74. The van der Waals surface area contributed by atoms with E-state index in [2.05, 4.69) is 46.1 Å². The summed E-state index contributed by atoms with van der Waals surface area (Å²) in [6.45, 7) is 4.98. The average molecular weight is 407 g/mol. The molecule has 4 rings (SSSR count). The predicted molar refractivity (Wildman–Crippen MR) is 116 cm³/mol. The lowest BCUT2D eigenvalue weighted by Gasteiger charge is -2.35. The zero-order valence-electron chi connectivity index (χ0n) is 16.4. The molecule has 2 aromatic carbocycles. The van der Waals surface area contributed by atoms with E-state index >= 15 is 0 Å². The Morgan fingerprint density at radius 1 is 0.966 bits per heavy atom. The molecular formula is C23H23ClN4O. The third-order valence-corrected chi connectivity index (χ3v) is 5.48. The number of carbonyl (C=O) groups is 1. The standard InChI is InChI=1S/C23H23ClN4O/c1-17-2-6-19(7-3-17)21-15-22(26-16-25-21)27-10-12-28(13-11-27)23(29)14-18-4-8-20(24)9-5-18/h2-9,15-16H,10-14H2,1H3. The second-order valence-corrected chi connectivity index (χ2v) is 7.73. The molecule has 0 radical (unpaired) electrons. The maximum Gasteiger partial charge on any atom is 0.227 e. The number of carbonyl (C=O) groups excluding carboxylic acids is 1. The maximum atomic E-state index is 12.6. The molecule has 0 aliphatic carbocycles. The predicted octanol–water partition coefficient (Wildman–Crippen LogP) is 4.00. The topological polar surface area (TPSA) is 49.3 Å². The van der Waals surface area contributed by atoms with Crippen LogP contribution in [0.3, 0.4) is 0 Å². The van der Waals surface area contributed by atoms with Crippen molar-refractivity contribution < 1.29 is 4.79 Å². The number of nitrogens with zero attached hydrogens (tertiary/aromatic N) is 4. The van der Waals surface area contributed by atoms with Crippen molar-refractivity contribution in [3.05, 3.63) is 77.1 Å². The van der Waals surface area contributed by atoms with Crippen LogP contribution < -0.4 is 4.90 Å². The Balaban J connectivity index is 1.38. The van der Waals surface area contributed by atoms with Gasteiger partial charge in [-0.25, -0.2) is 9.97 Å². The van der Waals surface area contributed by atoms with Gasteiger partial charge in [0.2, 0.25) is 5.91 Å². The monoisotopic (exact) mass is 406 g/mol. The third-order valence-electron chi connectivity index (χ3n) is 5.22. The Labute approximate surface area is 176 Å². The van der Waals surface area contributed by atoms with Gasteiger partial charge in [0.15, 0.2) is 0 Å². The number of piperazine rings is 1. The van der Waals surface area contributed by atoms with Gasteiger partial charge in [-0.05, 0) is 24.6 Å². The largest absolute Gasteiger partial charge is 0.353 e. The van der Waals surface area contributed by atoms with Gasteiger partial charge in [0.25, 0.3) is 0 Å². The first-order chi connectivity index (χ1) is 14.1. The van der Waals surface area contributed by atoms with E-state index < -0.39 is 0 Å². The first-order valence-corrected chi connectivity index (χ1v) is 10.1. The molecule has 1 fully saturated rings. The van der Waals surface area contributed by atoms with Crippen molar-refractivity contribution in [3.8, 4) is 11.3 Å². The number of aryl methyl sites for hydroxylation is 1. The number of amides is 1. The Bertz CT molecular complexity index is 981. The lowest BCUT2D eigenvalue weighted by Crippen LogP contribution is -2.49. The van der Waals surface area contributed by atoms with Crippen LogP contribution in [-0.2, 0) is 11.2 Å². The molecule has 1 aliphatic heterocycles. The molecule has 1 aromatic heterocycles.